The van der Waals surface area contributed by atoms with Crippen LogP contribution in [-0.2, 0) is 0 Å². The molecular weight excluding hydrogens is 239 g/mol. The Kier molecular flexibility index (Phi) is 4.14. The van der Waals surface area contributed by atoms with E-state index in [1.807, 2.05) is 6.07 Å². The number of nitrogens with zero attached hydrogens (tertiary/aromatic N) is 1. The van der Waals surface area contributed by atoms with Crippen molar-refractivity contribution < 1.29 is 4.39 Å². The minimum Gasteiger partial charge on any atom is -0.317 e. The second-order valence-electron chi connectivity index (χ2n) is 5.85. The summed E-state index contributed by atoms with van der Waals surface area (Å²) < 4.78 is 13.3. The molecule has 0 amide bonds. The van der Waals surface area contributed by atoms with Crippen molar-refractivity contribution in [1.82, 2.24) is 10.2 Å². The van der Waals surface area contributed by atoms with Crippen molar-refractivity contribution in [3.8, 4) is 0 Å². The number of hydrogen-bond donors (Lipinski definition) is 1. The third-order valence-electron chi connectivity index (χ3n) is 4.67. The molecule has 3 rings (SSSR count). The van der Waals surface area contributed by atoms with Gasteiger partial charge in [0.25, 0.3) is 0 Å². The topological polar surface area (TPSA) is 15.3 Å². The van der Waals surface area contributed by atoms with Crippen LogP contribution in [0.25, 0.3) is 0 Å². The van der Waals surface area contributed by atoms with Crippen molar-refractivity contribution in [1.29, 1.82) is 0 Å². The zero-order valence-electron chi connectivity index (χ0n) is 11.4. The fourth-order valence-electron chi connectivity index (χ4n) is 3.53. The van der Waals surface area contributed by atoms with E-state index in [2.05, 4.69) is 16.3 Å². The quantitative estimate of drug-likeness (QED) is 0.881. The van der Waals surface area contributed by atoms with Crippen molar-refractivity contribution in [2.45, 2.75) is 37.6 Å². The Hall–Kier alpha value is -0.930. The van der Waals surface area contributed by atoms with Crippen LogP contribution in [0.4, 0.5) is 4.39 Å². The van der Waals surface area contributed by atoms with E-state index >= 15 is 0 Å². The maximum Gasteiger partial charge on any atom is 0.123 e. The Bertz CT molecular complexity index is 407. The molecule has 0 aromatic heterocycles. The first-order chi connectivity index (χ1) is 9.33. The lowest BCUT2D eigenvalue weighted by Crippen LogP contribution is -2.46. The molecule has 2 fully saturated rings. The number of piperidine rings is 2. The first kappa shape index (κ1) is 13.1. The summed E-state index contributed by atoms with van der Waals surface area (Å²) in [4.78, 5) is 2.65. The van der Waals surface area contributed by atoms with Crippen LogP contribution in [0.15, 0.2) is 24.3 Å². The summed E-state index contributed by atoms with van der Waals surface area (Å²) in [6, 6.07) is 7.94. The minimum atomic E-state index is -0.0988. The summed E-state index contributed by atoms with van der Waals surface area (Å²) >= 11 is 0. The zero-order valence-corrected chi connectivity index (χ0v) is 11.4. The summed E-state index contributed by atoms with van der Waals surface area (Å²) in [5, 5.41) is 3.43. The van der Waals surface area contributed by atoms with Crippen LogP contribution < -0.4 is 5.32 Å². The average molecular weight is 262 g/mol. The molecule has 2 heterocycles. The van der Waals surface area contributed by atoms with Gasteiger partial charge < -0.3 is 10.2 Å². The zero-order chi connectivity index (χ0) is 13.1. The van der Waals surface area contributed by atoms with Gasteiger partial charge in [-0.3, -0.25) is 0 Å². The molecule has 0 atom stereocenters. The second kappa shape index (κ2) is 6.02. The molecule has 2 nitrogen and oxygen atoms in total. The predicted octanol–water partition coefficient (Wildman–Crippen LogP) is 2.76. The van der Waals surface area contributed by atoms with Crippen molar-refractivity contribution in [3.63, 3.8) is 0 Å². The van der Waals surface area contributed by atoms with Crippen LogP contribution in [0.3, 0.4) is 0 Å². The highest BCUT2D eigenvalue weighted by Gasteiger charge is 2.26. The van der Waals surface area contributed by atoms with Crippen molar-refractivity contribution >= 4 is 0 Å². The largest absolute Gasteiger partial charge is 0.317 e. The van der Waals surface area contributed by atoms with E-state index in [1.54, 1.807) is 6.07 Å². The van der Waals surface area contributed by atoms with Gasteiger partial charge in [0.15, 0.2) is 0 Å². The van der Waals surface area contributed by atoms with Crippen LogP contribution in [0.5, 0.6) is 0 Å². The molecule has 1 aromatic carbocycles. The highest BCUT2D eigenvalue weighted by atomic mass is 19.1. The molecule has 19 heavy (non-hydrogen) atoms. The summed E-state index contributed by atoms with van der Waals surface area (Å²) in [6.07, 6.45) is 4.91. The lowest BCUT2D eigenvalue weighted by molar-refractivity contribution is 0.127. The molecule has 1 aromatic rings. The highest BCUT2D eigenvalue weighted by Crippen LogP contribution is 2.30. The molecule has 0 unspecified atom stereocenters. The number of benzene rings is 1. The van der Waals surface area contributed by atoms with Crippen molar-refractivity contribution in [2.75, 3.05) is 26.2 Å². The summed E-state index contributed by atoms with van der Waals surface area (Å²) in [5.41, 5.74) is 1.19. The molecule has 104 valence electrons. The second-order valence-corrected chi connectivity index (χ2v) is 5.85. The van der Waals surface area contributed by atoms with E-state index in [4.69, 9.17) is 0 Å². The molecule has 0 bridgehead atoms. The molecule has 2 saturated heterocycles. The Labute approximate surface area is 115 Å². The summed E-state index contributed by atoms with van der Waals surface area (Å²) in [7, 11) is 0. The smallest absolute Gasteiger partial charge is 0.123 e. The summed E-state index contributed by atoms with van der Waals surface area (Å²) in [6.45, 7) is 4.67. The van der Waals surface area contributed by atoms with E-state index in [-0.39, 0.29) is 5.82 Å². The molecule has 2 aliphatic heterocycles. The van der Waals surface area contributed by atoms with E-state index in [0.717, 1.165) is 19.1 Å². The van der Waals surface area contributed by atoms with Crippen molar-refractivity contribution in [2.24, 2.45) is 0 Å². The van der Waals surface area contributed by atoms with Crippen LogP contribution >= 0.6 is 0 Å². The number of nitrogens with one attached hydrogen (secondary N) is 1. The fourth-order valence-corrected chi connectivity index (χ4v) is 3.53. The SMILES string of the molecule is Fc1cccc(C2CCN(C3CCNCC3)CC2)c1. The van der Waals surface area contributed by atoms with Crippen LogP contribution in [0, 0.1) is 5.82 Å². The highest BCUT2D eigenvalue weighted by molar-refractivity contribution is 5.21. The monoisotopic (exact) mass is 262 g/mol. The van der Waals surface area contributed by atoms with E-state index in [9.17, 15) is 4.39 Å². The number of rotatable bonds is 2. The number of halogens is 1. The van der Waals surface area contributed by atoms with Gasteiger partial charge in [-0.15, -0.1) is 0 Å². The van der Waals surface area contributed by atoms with Gasteiger partial charge in [0.1, 0.15) is 5.82 Å². The molecule has 2 aliphatic rings. The van der Waals surface area contributed by atoms with Gasteiger partial charge in [0.05, 0.1) is 0 Å². The number of likely N-dealkylation sites (tertiary alicyclic amines) is 1. The Morgan fingerprint density at radius 3 is 2.47 bits per heavy atom. The minimum absolute atomic E-state index is 0.0988. The summed E-state index contributed by atoms with van der Waals surface area (Å²) in [5.74, 6) is 0.451. The van der Waals surface area contributed by atoms with Gasteiger partial charge in [0, 0.05) is 6.04 Å². The lowest BCUT2D eigenvalue weighted by Gasteiger charge is -2.39. The van der Waals surface area contributed by atoms with E-state index in [1.165, 1.54) is 50.4 Å². The van der Waals surface area contributed by atoms with Gasteiger partial charge in [0.2, 0.25) is 0 Å². The van der Waals surface area contributed by atoms with Gasteiger partial charge in [-0.25, -0.2) is 4.39 Å². The molecular formula is C16H23FN2. The normalized spacial score (nSPS) is 23.6. The molecule has 0 spiro atoms. The Morgan fingerprint density at radius 1 is 1.05 bits per heavy atom. The first-order valence-electron chi connectivity index (χ1n) is 7.53. The Morgan fingerprint density at radius 2 is 1.79 bits per heavy atom. The molecule has 0 aliphatic carbocycles. The van der Waals surface area contributed by atoms with Gasteiger partial charge >= 0.3 is 0 Å². The van der Waals surface area contributed by atoms with E-state index in [0.29, 0.717) is 5.92 Å². The van der Waals surface area contributed by atoms with Gasteiger partial charge in [-0.2, -0.15) is 0 Å². The van der Waals surface area contributed by atoms with Gasteiger partial charge in [-0.1, -0.05) is 12.1 Å². The third-order valence-corrected chi connectivity index (χ3v) is 4.67. The van der Waals surface area contributed by atoms with Crippen LogP contribution in [0.2, 0.25) is 0 Å². The Balaban J connectivity index is 1.57. The molecule has 1 N–H and O–H groups in total. The third kappa shape index (κ3) is 3.15. The number of hydrogen-bond acceptors (Lipinski definition) is 2. The van der Waals surface area contributed by atoms with Gasteiger partial charge in [-0.05, 0) is 75.5 Å². The van der Waals surface area contributed by atoms with Crippen LogP contribution in [-0.4, -0.2) is 37.1 Å². The van der Waals surface area contributed by atoms with E-state index < -0.39 is 0 Å². The van der Waals surface area contributed by atoms with Crippen LogP contribution in [0.1, 0.15) is 37.2 Å². The molecule has 0 radical (unpaired) electrons. The maximum atomic E-state index is 13.3. The standard InChI is InChI=1S/C16H23FN2/c17-15-3-1-2-14(12-15)13-6-10-19(11-7-13)16-4-8-18-9-5-16/h1-3,12-13,16,18H,4-11H2. The first-order valence-corrected chi connectivity index (χ1v) is 7.53. The maximum absolute atomic E-state index is 13.3. The fraction of sp³-hybridized carbons (Fsp3) is 0.625. The molecule has 3 heteroatoms. The molecule has 0 saturated carbocycles. The average Bonchev–Trinajstić information content (AvgIpc) is 2.48. The lowest BCUT2D eigenvalue weighted by atomic mass is 9.88. The predicted molar refractivity (Wildman–Crippen MR) is 75.8 cm³/mol. The van der Waals surface area contributed by atoms with Crippen molar-refractivity contribution in [3.05, 3.63) is 35.6 Å².